The molecule has 2 N–H and O–H groups in total. The molecular formula is C21H21F2N. The van der Waals surface area contributed by atoms with Crippen molar-refractivity contribution in [1.29, 1.82) is 0 Å². The Morgan fingerprint density at radius 1 is 1.17 bits per heavy atom. The fourth-order valence-corrected chi connectivity index (χ4v) is 3.39. The van der Waals surface area contributed by atoms with Gasteiger partial charge >= 0.3 is 0 Å². The third kappa shape index (κ3) is 3.43. The maximum atomic E-state index is 14.7. The molecule has 1 aliphatic carbocycles. The highest BCUT2D eigenvalue weighted by Crippen LogP contribution is 2.32. The lowest BCUT2D eigenvalue weighted by atomic mass is 9.81. The van der Waals surface area contributed by atoms with Crippen molar-refractivity contribution in [3.63, 3.8) is 0 Å². The number of anilines is 1. The lowest BCUT2D eigenvalue weighted by molar-refractivity contribution is 0.411. The molecule has 0 radical (unpaired) electrons. The van der Waals surface area contributed by atoms with E-state index in [1.165, 1.54) is 6.07 Å². The van der Waals surface area contributed by atoms with E-state index in [-0.39, 0.29) is 5.56 Å². The van der Waals surface area contributed by atoms with Crippen LogP contribution in [0, 0.1) is 29.4 Å². The van der Waals surface area contributed by atoms with Crippen LogP contribution >= 0.6 is 0 Å². The third-order valence-electron chi connectivity index (χ3n) is 4.66. The van der Waals surface area contributed by atoms with Crippen LogP contribution < -0.4 is 5.73 Å². The number of hydrogen-bond acceptors (Lipinski definition) is 1. The van der Waals surface area contributed by atoms with Crippen molar-refractivity contribution in [1.82, 2.24) is 0 Å². The minimum atomic E-state index is -0.564. The molecule has 2 aromatic carbocycles. The van der Waals surface area contributed by atoms with E-state index in [1.54, 1.807) is 24.3 Å². The second-order valence-electron chi connectivity index (χ2n) is 6.45. The summed E-state index contributed by atoms with van der Waals surface area (Å²) in [5.74, 6) is 4.97. The minimum absolute atomic E-state index is 0.125. The van der Waals surface area contributed by atoms with Gasteiger partial charge in [-0.2, -0.15) is 0 Å². The maximum Gasteiger partial charge on any atom is 0.145 e. The van der Waals surface area contributed by atoms with E-state index in [0.29, 0.717) is 29.2 Å². The molecule has 0 amide bonds. The number of rotatable bonds is 2. The van der Waals surface area contributed by atoms with E-state index in [0.717, 1.165) is 31.2 Å². The van der Waals surface area contributed by atoms with Crippen LogP contribution in [0.2, 0.25) is 0 Å². The van der Waals surface area contributed by atoms with Gasteiger partial charge < -0.3 is 5.73 Å². The Hall–Kier alpha value is -2.34. The predicted molar refractivity (Wildman–Crippen MR) is 93.6 cm³/mol. The van der Waals surface area contributed by atoms with Crippen LogP contribution in [0.1, 0.15) is 48.4 Å². The first-order chi connectivity index (χ1) is 11.6. The molecule has 1 unspecified atom stereocenters. The average Bonchev–Trinajstić information content (AvgIpc) is 2.56. The lowest BCUT2D eigenvalue weighted by Gasteiger charge is -2.25. The van der Waals surface area contributed by atoms with Crippen molar-refractivity contribution < 1.29 is 8.78 Å². The van der Waals surface area contributed by atoms with Crippen molar-refractivity contribution in [2.75, 3.05) is 5.73 Å². The van der Waals surface area contributed by atoms with Crippen LogP contribution in [0.3, 0.4) is 0 Å². The Balaban J connectivity index is 1.92. The molecule has 3 heteroatoms. The smallest absolute Gasteiger partial charge is 0.145 e. The van der Waals surface area contributed by atoms with Crippen LogP contribution in [0.5, 0.6) is 0 Å². The molecule has 0 saturated heterocycles. The molecule has 0 saturated carbocycles. The minimum Gasteiger partial charge on any atom is -0.399 e. The molecule has 24 heavy (non-hydrogen) atoms. The lowest BCUT2D eigenvalue weighted by Crippen LogP contribution is -2.17. The molecular weight excluding hydrogens is 304 g/mol. The molecule has 1 aliphatic rings. The van der Waals surface area contributed by atoms with Crippen LogP contribution in [-0.2, 0) is 12.8 Å². The highest BCUT2D eigenvalue weighted by molar-refractivity contribution is 5.50. The molecule has 0 fully saturated rings. The van der Waals surface area contributed by atoms with Crippen molar-refractivity contribution in [3.8, 4) is 11.8 Å². The van der Waals surface area contributed by atoms with Gasteiger partial charge in [0.15, 0.2) is 0 Å². The SMILES string of the molecule is CCCC1CCc2c(cc(F)c(C#Cc3ccc(N)cc3)c2F)C1. The Morgan fingerprint density at radius 2 is 1.92 bits per heavy atom. The van der Waals surface area contributed by atoms with E-state index in [4.69, 9.17) is 5.73 Å². The Kier molecular flexibility index (Phi) is 4.85. The second kappa shape index (κ2) is 7.05. The molecule has 3 rings (SSSR count). The van der Waals surface area contributed by atoms with Crippen LogP contribution in [0.4, 0.5) is 14.5 Å². The largest absolute Gasteiger partial charge is 0.399 e. The van der Waals surface area contributed by atoms with Gasteiger partial charge in [-0.3, -0.25) is 0 Å². The van der Waals surface area contributed by atoms with Crippen molar-refractivity contribution >= 4 is 5.69 Å². The average molecular weight is 325 g/mol. The monoisotopic (exact) mass is 325 g/mol. The summed E-state index contributed by atoms with van der Waals surface area (Å²) in [7, 11) is 0. The molecule has 0 spiro atoms. The first-order valence-corrected chi connectivity index (χ1v) is 8.45. The summed E-state index contributed by atoms with van der Waals surface area (Å²) in [4.78, 5) is 0. The standard InChI is InChI=1S/C21H21F2N/c1-2-3-15-7-10-18-16(12-15)13-20(22)19(21(18)23)11-6-14-4-8-17(24)9-5-14/h4-5,8-9,13,15H,2-3,7,10,12,24H2,1H3. The number of halogens is 2. The first kappa shape index (κ1) is 16.5. The third-order valence-corrected chi connectivity index (χ3v) is 4.66. The molecule has 0 aliphatic heterocycles. The van der Waals surface area contributed by atoms with Gasteiger partial charge in [0.25, 0.3) is 0 Å². The summed E-state index contributed by atoms with van der Waals surface area (Å²) in [6.45, 7) is 2.15. The maximum absolute atomic E-state index is 14.7. The molecule has 0 bridgehead atoms. The van der Waals surface area contributed by atoms with Crippen molar-refractivity contribution in [3.05, 3.63) is 64.2 Å². The molecule has 1 atom stereocenters. The van der Waals surface area contributed by atoms with Gasteiger partial charge in [-0.1, -0.05) is 31.6 Å². The zero-order valence-electron chi connectivity index (χ0n) is 13.8. The number of hydrogen-bond donors (Lipinski definition) is 1. The number of benzene rings is 2. The summed E-state index contributed by atoms with van der Waals surface area (Å²) in [6, 6.07) is 8.40. The van der Waals surface area contributed by atoms with Crippen molar-refractivity contribution in [2.45, 2.75) is 39.0 Å². The van der Waals surface area contributed by atoms with E-state index in [2.05, 4.69) is 18.8 Å². The van der Waals surface area contributed by atoms with Gasteiger partial charge in [0.05, 0.1) is 5.56 Å². The Morgan fingerprint density at radius 3 is 2.62 bits per heavy atom. The van der Waals surface area contributed by atoms with E-state index in [1.807, 2.05) is 0 Å². The van der Waals surface area contributed by atoms with Crippen molar-refractivity contribution in [2.24, 2.45) is 5.92 Å². The van der Waals surface area contributed by atoms with Gasteiger partial charge in [0.2, 0.25) is 0 Å². The number of nitrogen functional groups attached to an aromatic ring is 1. The molecule has 1 nitrogen and oxygen atoms in total. The zero-order valence-corrected chi connectivity index (χ0v) is 13.8. The van der Waals surface area contributed by atoms with E-state index in [9.17, 15) is 8.78 Å². The van der Waals surface area contributed by atoms with Gasteiger partial charge in [-0.15, -0.1) is 0 Å². The predicted octanol–water partition coefficient (Wildman–Crippen LogP) is 4.85. The summed E-state index contributed by atoms with van der Waals surface area (Å²) < 4.78 is 29.1. The van der Waals surface area contributed by atoms with E-state index >= 15 is 0 Å². The van der Waals surface area contributed by atoms with Crippen LogP contribution in [-0.4, -0.2) is 0 Å². The molecule has 0 aromatic heterocycles. The van der Waals surface area contributed by atoms with Gasteiger partial charge in [0, 0.05) is 11.3 Å². The van der Waals surface area contributed by atoms with Gasteiger partial charge in [-0.25, -0.2) is 8.78 Å². The van der Waals surface area contributed by atoms with E-state index < -0.39 is 11.6 Å². The topological polar surface area (TPSA) is 26.0 Å². The molecule has 0 heterocycles. The molecule has 2 aromatic rings. The Bertz CT molecular complexity index is 797. The Labute approximate surface area is 141 Å². The van der Waals surface area contributed by atoms with Gasteiger partial charge in [-0.05, 0) is 66.6 Å². The summed E-state index contributed by atoms with van der Waals surface area (Å²) >= 11 is 0. The fourth-order valence-electron chi connectivity index (χ4n) is 3.39. The number of fused-ring (bicyclic) bond motifs is 1. The van der Waals surface area contributed by atoms with Crippen LogP contribution in [0.15, 0.2) is 30.3 Å². The van der Waals surface area contributed by atoms with Gasteiger partial charge in [0.1, 0.15) is 11.6 Å². The highest BCUT2D eigenvalue weighted by Gasteiger charge is 2.24. The summed E-state index contributed by atoms with van der Waals surface area (Å²) in [5, 5.41) is 0. The highest BCUT2D eigenvalue weighted by atomic mass is 19.1. The quantitative estimate of drug-likeness (QED) is 0.620. The normalized spacial score (nSPS) is 16.2. The van der Waals surface area contributed by atoms with Crippen LogP contribution in [0.25, 0.3) is 0 Å². The zero-order chi connectivity index (χ0) is 17.1. The fraction of sp³-hybridized carbons (Fsp3) is 0.333. The second-order valence-corrected chi connectivity index (χ2v) is 6.45. The summed E-state index contributed by atoms with van der Waals surface area (Å²) in [5.41, 5.74) is 8.27. The first-order valence-electron chi connectivity index (χ1n) is 8.45. The summed E-state index contributed by atoms with van der Waals surface area (Å²) in [6.07, 6.45) is 4.62. The number of nitrogens with two attached hydrogens (primary N) is 1. The molecule has 124 valence electrons.